The molecule has 9 nitrogen and oxygen atoms in total. The first kappa shape index (κ1) is 30.6. The van der Waals surface area contributed by atoms with Crippen molar-refractivity contribution < 1.29 is 23.4 Å². The standard InChI is InChI=1S/C23H34FN5O4S2/c1-4-5-6-7-19(30)14-25-23(33)20(9-8-18-15-34-16-26-18)27-21(31)10-11-22(32)29(3)13-12-28(2)17-35-24/h1,8-9,15-16,19-20,30H,5-7,10-14,17H2,2-3H3,(H,25,33)(H,27,31). The summed E-state index contributed by atoms with van der Waals surface area (Å²) >= 11 is 1.61. The molecule has 1 aromatic heterocycles. The van der Waals surface area contributed by atoms with Crippen molar-refractivity contribution in [3.8, 4) is 12.3 Å². The maximum absolute atomic E-state index is 12.7. The molecule has 194 valence electrons. The van der Waals surface area contributed by atoms with Crippen molar-refractivity contribution in [2.75, 3.05) is 39.6 Å². The number of halogens is 1. The highest BCUT2D eigenvalue weighted by Gasteiger charge is 2.20. The topological polar surface area (TPSA) is 115 Å². The summed E-state index contributed by atoms with van der Waals surface area (Å²) in [5.41, 5.74) is 2.29. The molecular weight excluding hydrogens is 493 g/mol. The van der Waals surface area contributed by atoms with Crippen molar-refractivity contribution in [1.29, 1.82) is 0 Å². The molecule has 0 fully saturated rings. The Balaban J connectivity index is 2.60. The number of carbonyl (C=O) groups excluding carboxylic acids is 3. The van der Waals surface area contributed by atoms with Crippen LogP contribution in [0, 0.1) is 12.3 Å². The van der Waals surface area contributed by atoms with Crippen LogP contribution in [0.5, 0.6) is 0 Å². The SMILES string of the molecule is C#CCCCC(O)CNC(=O)C(C=Cc1cscn1)NC(=O)CCC(=O)N(C)CCN(C)CSF. The van der Waals surface area contributed by atoms with Gasteiger partial charge in [0.1, 0.15) is 6.04 Å². The van der Waals surface area contributed by atoms with Gasteiger partial charge in [-0.2, -0.15) is 3.89 Å². The van der Waals surface area contributed by atoms with Gasteiger partial charge in [0, 0.05) is 51.3 Å². The third-order valence-corrected chi connectivity index (χ3v) is 6.10. The second kappa shape index (κ2) is 17.9. The number of likely N-dealkylation sites (N-methyl/N-ethyl adjacent to an activating group) is 2. The van der Waals surface area contributed by atoms with E-state index in [0.29, 0.717) is 38.0 Å². The molecule has 1 heterocycles. The van der Waals surface area contributed by atoms with E-state index in [1.54, 1.807) is 36.0 Å². The van der Waals surface area contributed by atoms with Crippen LogP contribution < -0.4 is 10.6 Å². The maximum atomic E-state index is 12.7. The van der Waals surface area contributed by atoms with Crippen LogP contribution in [0.4, 0.5) is 3.89 Å². The van der Waals surface area contributed by atoms with Gasteiger partial charge in [-0.1, -0.05) is 6.08 Å². The number of nitrogens with one attached hydrogen (secondary N) is 2. The molecule has 35 heavy (non-hydrogen) atoms. The van der Waals surface area contributed by atoms with Gasteiger partial charge in [0.05, 0.1) is 35.3 Å². The molecule has 3 amide bonds. The van der Waals surface area contributed by atoms with Crippen LogP contribution >= 0.6 is 23.5 Å². The lowest BCUT2D eigenvalue weighted by atomic mass is 10.1. The monoisotopic (exact) mass is 527 g/mol. The molecule has 0 saturated carbocycles. The normalized spacial score (nSPS) is 12.8. The first-order valence-electron chi connectivity index (χ1n) is 11.2. The fraction of sp³-hybridized carbons (Fsp3) is 0.565. The van der Waals surface area contributed by atoms with Gasteiger partial charge >= 0.3 is 0 Å². The average Bonchev–Trinajstić information content (AvgIpc) is 3.36. The average molecular weight is 528 g/mol. The molecule has 3 N–H and O–H groups in total. The van der Waals surface area contributed by atoms with E-state index < -0.39 is 24.0 Å². The Labute approximate surface area is 214 Å². The molecule has 12 heteroatoms. The summed E-state index contributed by atoms with van der Waals surface area (Å²) in [6, 6.07) is -0.998. The number of unbranched alkanes of at least 4 members (excludes halogenated alkanes) is 1. The van der Waals surface area contributed by atoms with Crippen LogP contribution in [0.25, 0.3) is 6.08 Å². The van der Waals surface area contributed by atoms with E-state index in [2.05, 4.69) is 21.5 Å². The largest absolute Gasteiger partial charge is 0.391 e. The second-order valence-electron chi connectivity index (χ2n) is 7.95. The number of amides is 3. The fourth-order valence-electron chi connectivity index (χ4n) is 2.82. The van der Waals surface area contributed by atoms with Gasteiger partial charge < -0.3 is 20.6 Å². The predicted molar refractivity (Wildman–Crippen MR) is 138 cm³/mol. The summed E-state index contributed by atoms with van der Waals surface area (Å²) in [4.78, 5) is 44.8. The maximum Gasteiger partial charge on any atom is 0.246 e. The first-order chi connectivity index (χ1) is 16.8. The van der Waals surface area contributed by atoms with E-state index in [0.717, 1.165) is 0 Å². The quantitative estimate of drug-likeness (QED) is 0.160. The summed E-state index contributed by atoms with van der Waals surface area (Å²) in [5.74, 6) is 1.53. The highest BCUT2D eigenvalue weighted by molar-refractivity contribution is 7.94. The van der Waals surface area contributed by atoms with Gasteiger partial charge in [0.15, 0.2) is 0 Å². The Hall–Kier alpha value is -2.46. The van der Waals surface area contributed by atoms with E-state index in [9.17, 15) is 23.4 Å². The molecule has 0 aromatic carbocycles. The fourth-order valence-corrected chi connectivity index (χ4v) is 3.64. The number of aliphatic hydroxyl groups excluding tert-OH is 1. The number of aromatic nitrogens is 1. The Kier molecular flexibility index (Phi) is 15.6. The van der Waals surface area contributed by atoms with Crippen LogP contribution in [-0.4, -0.2) is 89.4 Å². The third-order valence-electron chi connectivity index (χ3n) is 4.96. The van der Waals surface area contributed by atoms with Crippen molar-refractivity contribution in [3.05, 3.63) is 22.7 Å². The smallest absolute Gasteiger partial charge is 0.246 e. The number of terminal acetylenes is 1. The van der Waals surface area contributed by atoms with Crippen molar-refractivity contribution >= 4 is 47.3 Å². The van der Waals surface area contributed by atoms with Crippen molar-refractivity contribution in [1.82, 2.24) is 25.4 Å². The number of nitrogens with zero attached hydrogens (tertiary/aromatic N) is 3. The summed E-state index contributed by atoms with van der Waals surface area (Å²) in [6.07, 6.45) is 9.11. The van der Waals surface area contributed by atoms with Gasteiger partial charge in [0.25, 0.3) is 0 Å². The van der Waals surface area contributed by atoms with Gasteiger partial charge in [0.2, 0.25) is 17.7 Å². The van der Waals surface area contributed by atoms with E-state index in [-0.39, 0.29) is 43.3 Å². The zero-order chi connectivity index (χ0) is 26.1. The molecule has 0 aliphatic rings. The summed E-state index contributed by atoms with van der Waals surface area (Å²) in [5, 5.41) is 17.1. The number of hydrogen-bond donors (Lipinski definition) is 3. The Morgan fingerprint density at radius 3 is 2.77 bits per heavy atom. The molecule has 0 bridgehead atoms. The summed E-state index contributed by atoms with van der Waals surface area (Å²) in [6.45, 7) is 0.936. The zero-order valence-corrected chi connectivity index (χ0v) is 21.7. The minimum atomic E-state index is -0.998. The van der Waals surface area contributed by atoms with E-state index in [4.69, 9.17) is 6.42 Å². The van der Waals surface area contributed by atoms with Crippen LogP contribution in [-0.2, 0) is 14.4 Å². The molecule has 0 aliphatic heterocycles. The highest BCUT2D eigenvalue weighted by atomic mass is 32.2. The van der Waals surface area contributed by atoms with Gasteiger partial charge in [-0.3, -0.25) is 19.3 Å². The Morgan fingerprint density at radius 1 is 1.34 bits per heavy atom. The summed E-state index contributed by atoms with van der Waals surface area (Å²) < 4.78 is 12.3. The molecule has 0 spiro atoms. The summed E-state index contributed by atoms with van der Waals surface area (Å²) in [7, 11) is 3.37. The van der Waals surface area contributed by atoms with E-state index in [1.165, 1.54) is 22.3 Å². The van der Waals surface area contributed by atoms with Gasteiger partial charge in [-0.25, -0.2) is 4.98 Å². The lowest BCUT2D eigenvalue weighted by Gasteiger charge is -2.21. The van der Waals surface area contributed by atoms with Crippen molar-refractivity contribution in [2.45, 2.75) is 44.2 Å². The first-order valence-corrected chi connectivity index (χ1v) is 13.0. The molecule has 2 unspecified atom stereocenters. The van der Waals surface area contributed by atoms with E-state index >= 15 is 0 Å². The Bertz CT molecular complexity index is 847. The lowest BCUT2D eigenvalue weighted by molar-refractivity contribution is -0.133. The lowest BCUT2D eigenvalue weighted by Crippen LogP contribution is -2.47. The predicted octanol–water partition coefficient (Wildman–Crippen LogP) is 1.67. The van der Waals surface area contributed by atoms with Crippen molar-refractivity contribution in [3.63, 3.8) is 0 Å². The van der Waals surface area contributed by atoms with Crippen LogP contribution in [0.2, 0.25) is 0 Å². The second-order valence-corrected chi connectivity index (χ2v) is 9.14. The van der Waals surface area contributed by atoms with Crippen LogP contribution in [0.15, 0.2) is 17.0 Å². The molecule has 0 aliphatic carbocycles. The van der Waals surface area contributed by atoms with Crippen LogP contribution in [0.1, 0.15) is 37.8 Å². The van der Waals surface area contributed by atoms with Crippen LogP contribution in [0.3, 0.4) is 0 Å². The van der Waals surface area contributed by atoms with Gasteiger partial charge in [-0.15, -0.1) is 23.7 Å². The molecule has 0 saturated heterocycles. The number of hydrogen-bond acceptors (Lipinski definition) is 8. The number of thiazole rings is 1. The van der Waals surface area contributed by atoms with E-state index in [1.807, 2.05) is 0 Å². The molecule has 1 aromatic rings. The van der Waals surface area contributed by atoms with Gasteiger partial charge in [-0.05, 0) is 26.0 Å². The molecule has 1 rings (SSSR count). The molecular formula is C23H34FN5O4S2. The Morgan fingerprint density at radius 2 is 2.11 bits per heavy atom. The number of carbonyl (C=O) groups is 3. The minimum Gasteiger partial charge on any atom is -0.391 e. The zero-order valence-electron chi connectivity index (χ0n) is 20.1. The van der Waals surface area contributed by atoms with Crippen molar-refractivity contribution in [2.24, 2.45) is 0 Å². The minimum absolute atomic E-state index is 0.0259. The number of rotatable bonds is 17. The molecule has 0 radical (unpaired) electrons. The molecule has 2 atom stereocenters. The highest BCUT2D eigenvalue weighted by Crippen LogP contribution is 2.06. The number of aliphatic hydroxyl groups is 1. The third kappa shape index (κ3) is 13.9.